The Labute approximate surface area is 159 Å². The van der Waals surface area contributed by atoms with Crippen LogP contribution >= 0.6 is 11.8 Å². The Morgan fingerprint density at radius 3 is 3.12 bits per heavy atom. The standard InChI is InChI=1S/C21H25N3OS/c1-15-6-4-3-5-7-18(13-15)22-14-20(25)24-21-23-19-9-8-16(2)12-17(19)10-11-26-21/h4-9,12-13,15,22H,3,10-11,14H2,1-2H3,(H,23,24,25)/b6-4-,7-5-,18-13+. The molecule has 136 valence electrons. The summed E-state index contributed by atoms with van der Waals surface area (Å²) in [7, 11) is 0. The van der Waals surface area contributed by atoms with E-state index in [9.17, 15) is 4.79 Å². The number of benzene rings is 1. The van der Waals surface area contributed by atoms with E-state index in [1.54, 1.807) is 11.8 Å². The number of carbonyl (C=O) groups is 1. The lowest BCUT2D eigenvalue weighted by Crippen LogP contribution is -2.36. The minimum Gasteiger partial charge on any atom is -0.376 e. The molecule has 0 spiro atoms. The van der Waals surface area contributed by atoms with E-state index in [0.717, 1.165) is 30.0 Å². The van der Waals surface area contributed by atoms with Gasteiger partial charge in [-0.15, -0.1) is 0 Å². The number of aliphatic imine (C=N–C) groups is 1. The molecule has 1 unspecified atom stereocenters. The first-order valence-corrected chi connectivity index (χ1v) is 9.98. The molecule has 0 fully saturated rings. The van der Waals surface area contributed by atoms with E-state index in [0.29, 0.717) is 11.1 Å². The number of allylic oxidation sites excluding steroid dienone is 5. The fourth-order valence-electron chi connectivity index (χ4n) is 2.91. The maximum Gasteiger partial charge on any atom is 0.245 e. The second-order valence-electron chi connectivity index (χ2n) is 6.60. The van der Waals surface area contributed by atoms with Crippen molar-refractivity contribution in [2.24, 2.45) is 10.9 Å². The zero-order chi connectivity index (χ0) is 18.4. The van der Waals surface area contributed by atoms with Gasteiger partial charge < -0.3 is 10.6 Å². The lowest BCUT2D eigenvalue weighted by Gasteiger charge is -2.11. The summed E-state index contributed by atoms with van der Waals surface area (Å²) in [4.78, 5) is 17.0. The van der Waals surface area contributed by atoms with E-state index in [4.69, 9.17) is 0 Å². The molecule has 4 nitrogen and oxygen atoms in total. The van der Waals surface area contributed by atoms with Gasteiger partial charge in [0.25, 0.3) is 0 Å². The molecule has 1 aliphatic carbocycles. The molecule has 0 saturated carbocycles. The summed E-state index contributed by atoms with van der Waals surface area (Å²) in [5.74, 6) is 1.19. The summed E-state index contributed by atoms with van der Waals surface area (Å²) >= 11 is 1.60. The molecular weight excluding hydrogens is 342 g/mol. The topological polar surface area (TPSA) is 53.5 Å². The van der Waals surface area contributed by atoms with Crippen molar-refractivity contribution < 1.29 is 4.79 Å². The van der Waals surface area contributed by atoms with Crippen molar-refractivity contribution in [1.29, 1.82) is 0 Å². The number of thioether (sulfide) groups is 1. The second-order valence-corrected chi connectivity index (χ2v) is 7.68. The van der Waals surface area contributed by atoms with Gasteiger partial charge in [0.2, 0.25) is 5.91 Å². The summed E-state index contributed by atoms with van der Waals surface area (Å²) in [6, 6.07) is 6.26. The van der Waals surface area contributed by atoms with Gasteiger partial charge in [0.05, 0.1) is 12.2 Å². The van der Waals surface area contributed by atoms with Gasteiger partial charge in [-0.05, 0) is 43.4 Å². The average molecular weight is 368 g/mol. The maximum atomic E-state index is 12.3. The van der Waals surface area contributed by atoms with E-state index in [-0.39, 0.29) is 12.5 Å². The minimum absolute atomic E-state index is 0.0774. The number of amides is 1. The summed E-state index contributed by atoms with van der Waals surface area (Å²) in [6.45, 7) is 4.45. The molecule has 3 rings (SSSR count). The SMILES string of the molecule is Cc1ccc2c(c1)CCSC(NC(=O)CNC1=C/C(C)/C=C\C/C=C\1)=N2. The minimum atomic E-state index is -0.0774. The molecule has 2 aliphatic rings. The predicted octanol–water partition coefficient (Wildman–Crippen LogP) is 4.01. The third-order valence-corrected chi connectivity index (χ3v) is 5.09. The molecule has 1 aromatic carbocycles. The zero-order valence-corrected chi connectivity index (χ0v) is 16.1. The molecule has 0 saturated heterocycles. The summed E-state index contributed by atoms with van der Waals surface area (Å²) in [5, 5.41) is 6.83. The Kier molecular flexibility index (Phi) is 6.34. The number of carbonyl (C=O) groups excluding carboxylic acids is 1. The van der Waals surface area contributed by atoms with Gasteiger partial charge in [0, 0.05) is 11.4 Å². The molecule has 5 heteroatoms. The molecule has 1 amide bonds. The Bertz CT molecular complexity index is 792. The monoisotopic (exact) mass is 367 g/mol. The molecule has 0 radical (unpaired) electrons. The lowest BCUT2D eigenvalue weighted by atomic mass is 10.1. The highest BCUT2D eigenvalue weighted by atomic mass is 32.2. The van der Waals surface area contributed by atoms with E-state index in [2.05, 4.69) is 65.9 Å². The van der Waals surface area contributed by atoms with E-state index >= 15 is 0 Å². The summed E-state index contributed by atoms with van der Waals surface area (Å²) in [6.07, 6.45) is 12.4. The van der Waals surface area contributed by atoms with Crippen LogP contribution in [0.25, 0.3) is 0 Å². The van der Waals surface area contributed by atoms with Gasteiger partial charge in [-0.25, -0.2) is 4.99 Å². The van der Waals surface area contributed by atoms with Crippen LogP contribution in [0.2, 0.25) is 0 Å². The third kappa shape index (κ3) is 5.36. The Morgan fingerprint density at radius 2 is 2.23 bits per heavy atom. The fourth-order valence-corrected chi connectivity index (χ4v) is 3.78. The van der Waals surface area contributed by atoms with Crippen LogP contribution in [-0.2, 0) is 11.2 Å². The van der Waals surface area contributed by atoms with Crippen molar-refractivity contribution in [1.82, 2.24) is 10.6 Å². The normalized spacial score (nSPS) is 23.8. The largest absolute Gasteiger partial charge is 0.376 e. The number of amidine groups is 1. The summed E-state index contributed by atoms with van der Waals surface area (Å²) in [5.41, 5.74) is 4.42. The van der Waals surface area contributed by atoms with E-state index in [1.807, 2.05) is 12.1 Å². The van der Waals surface area contributed by atoms with Crippen molar-refractivity contribution in [2.75, 3.05) is 12.3 Å². The van der Waals surface area contributed by atoms with E-state index in [1.165, 1.54) is 11.1 Å². The molecular formula is C21H25N3OS. The van der Waals surface area contributed by atoms with Crippen LogP contribution in [0.4, 0.5) is 5.69 Å². The van der Waals surface area contributed by atoms with Gasteiger partial charge in [0.15, 0.2) is 5.17 Å². The number of rotatable bonds is 3. The predicted molar refractivity (Wildman–Crippen MR) is 111 cm³/mol. The molecule has 0 bridgehead atoms. The number of aryl methyl sites for hydroxylation is 2. The first-order chi connectivity index (χ1) is 12.6. The molecule has 1 aromatic rings. The van der Waals surface area contributed by atoms with Crippen molar-refractivity contribution in [3.8, 4) is 0 Å². The van der Waals surface area contributed by atoms with Gasteiger partial charge in [-0.3, -0.25) is 4.79 Å². The number of nitrogens with one attached hydrogen (secondary N) is 2. The van der Waals surface area contributed by atoms with Crippen LogP contribution in [0, 0.1) is 12.8 Å². The fraction of sp³-hybridized carbons (Fsp3) is 0.333. The van der Waals surface area contributed by atoms with Crippen LogP contribution < -0.4 is 10.6 Å². The molecule has 26 heavy (non-hydrogen) atoms. The van der Waals surface area contributed by atoms with Gasteiger partial charge in [-0.2, -0.15) is 0 Å². The van der Waals surface area contributed by atoms with Crippen LogP contribution in [0.3, 0.4) is 0 Å². The van der Waals surface area contributed by atoms with Crippen LogP contribution in [-0.4, -0.2) is 23.4 Å². The van der Waals surface area contributed by atoms with Crippen LogP contribution in [0.5, 0.6) is 0 Å². The Hall–Kier alpha value is -2.27. The zero-order valence-electron chi connectivity index (χ0n) is 15.3. The first kappa shape index (κ1) is 18.5. The quantitative estimate of drug-likeness (QED) is 0.794. The van der Waals surface area contributed by atoms with Crippen molar-refractivity contribution in [2.45, 2.75) is 26.7 Å². The van der Waals surface area contributed by atoms with Crippen molar-refractivity contribution in [3.05, 3.63) is 65.4 Å². The summed E-state index contributed by atoms with van der Waals surface area (Å²) < 4.78 is 0. The third-order valence-electron chi connectivity index (χ3n) is 4.22. The maximum absolute atomic E-state index is 12.3. The molecule has 2 N–H and O–H groups in total. The number of nitrogens with zero attached hydrogens (tertiary/aromatic N) is 1. The lowest BCUT2D eigenvalue weighted by molar-refractivity contribution is -0.118. The molecule has 1 atom stereocenters. The highest BCUT2D eigenvalue weighted by Gasteiger charge is 2.13. The van der Waals surface area contributed by atoms with Gasteiger partial charge in [0.1, 0.15) is 0 Å². The van der Waals surface area contributed by atoms with Gasteiger partial charge in [-0.1, -0.05) is 60.7 Å². The average Bonchev–Trinajstić information content (AvgIpc) is 2.78. The van der Waals surface area contributed by atoms with Crippen LogP contribution in [0.1, 0.15) is 24.5 Å². The Morgan fingerprint density at radius 1 is 1.35 bits per heavy atom. The highest BCUT2D eigenvalue weighted by molar-refractivity contribution is 8.13. The highest BCUT2D eigenvalue weighted by Crippen LogP contribution is 2.26. The second kappa shape index (κ2) is 8.90. The Balaban J connectivity index is 1.60. The number of hydrogen-bond donors (Lipinski definition) is 2. The first-order valence-electron chi connectivity index (χ1n) is 9.00. The number of fused-ring (bicyclic) bond motifs is 1. The number of hydrogen-bond acceptors (Lipinski definition) is 4. The van der Waals surface area contributed by atoms with Crippen LogP contribution in [0.15, 0.2) is 59.3 Å². The molecule has 1 aliphatic heterocycles. The van der Waals surface area contributed by atoms with Crippen molar-refractivity contribution >= 4 is 28.5 Å². The molecule has 0 aromatic heterocycles. The van der Waals surface area contributed by atoms with Crippen molar-refractivity contribution in [3.63, 3.8) is 0 Å². The van der Waals surface area contributed by atoms with Gasteiger partial charge >= 0.3 is 0 Å². The molecule has 1 heterocycles. The van der Waals surface area contributed by atoms with E-state index < -0.39 is 0 Å². The smallest absolute Gasteiger partial charge is 0.245 e.